The standard InChI is InChI=1S/C15H22O2/c1-3-12-17-14(4-2)10-11-15(16)13-8-6-5-7-9-13/h5-9,14H,3-4,10-12H2,1-2H3. The highest BCUT2D eigenvalue weighted by atomic mass is 16.5. The van der Waals surface area contributed by atoms with Crippen molar-refractivity contribution in [1.82, 2.24) is 0 Å². The Bertz CT molecular complexity index is 319. The third kappa shape index (κ3) is 5.14. The maximum absolute atomic E-state index is 11.9. The number of hydrogen-bond donors (Lipinski definition) is 0. The molecule has 0 amide bonds. The van der Waals surface area contributed by atoms with Gasteiger partial charge >= 0.3 is 0 Å². The van der Waals surface area contributed by atoms with Gasteiger partial charge in [-0.1, -0.05) is 44.2 Å². The molecule has 0 bridgehead atoms. The van der Waals surface area contributed by atoms with E-state index in [0.29, 0.717) is 6.42 Å². The Balaban J connectivity index is 2.36. The zero-order valence-electron chi connectivity index (χ0n) is 10.8. The summed E-state index contributed by atoms with van der Waals surface area (Å²) in [6.45, 7) is 4.99. The Morgan fingerprint density at radius 3 is 2.53 bits per heavy atom. The molecule has 0 fully saturated rings. The van der Waals surface area contributed by atoms with Crippen molar-refractivity contribution in [3.63, 3.8) is 0 Å². The fraction of sp³-hybridized carbons (Fsp3) is 0.533. The summed E-state index contributed by atoms with van der Waals surface area (Å²) in [6.07, 6.45) is 3.63. The second-order valence-electron chi connectivity index (χ2n) is 4.23. The highest BCUT2D eigenvalue weighted by Crippen LogP contribution is 2.11. The molecule has 0 radical (unpaired) electrons. The van der Waals surface area contributed by atoms with Gasteiger partial charge in [-0.25, -0.2) is 0 Å². The number of Topliss-reactive ketones (excluding diaryl/α,β-unsaturated/α-hetero) is 1. The van der Waals surface area contributed by atoms with Gasteiger partial charge in [0.25, 0.3) is 0 Å². The molecule has 0 aliphatic carbocycles. The van der Waals surface area contributed by atoms with Crippen LogP contribution in [0.4, 0.5) is 0 Å². The predicted octanol–water partition coefficient (Wildman–Crippen LogP) is 3.85. The van der Waals surface area contributed by atoms with Crippen LogP contribution in [0.25, 0.3) is 0 Å². The first-order chi connectivity index (χ1) is 8.27. The zero-order valence-corrected chi connectivity index (χ0v) is 10.8. The minimum absolute atomic E-state index is 0.212. The van der Waals surface area contributed by atoms with Crippen molar-refractivity contribution in [3.8, 4) is 0 Å². The van der Waals surface area contributed by atoms with E-state index in [9.17, 15) is 4.79 Å². The van der Waals surface area contributed by atoms with Crippen LogP contribution in [0.15, 0.2) is 30.3 Å². The van der Waals surface area contributed by atoms with Gasteiger partial charge in [0.1, 0.15) is 0 Å². The highest BCUT2D eigenvalue weighted by molar-refractivity contribution is 5.95. The predicted molar refractivity (Wildman–Crippen MR) is 70.3 cm³/mol. The quantitative estimate of drug-likeness (QED) is 0.638. The molecule has 0 spiro atoms. The average Bonchev–Trinajstić information content (AvgIpc) is 2.39. The van der Waals surface area contributed by atoms with E-state index in [1.165, 1.54) is 0 Å². The van der Waals surface area contributed by atoms with Crippen molar-refractivity contribution < 1.29 is 9.53 Å². The monoisotopic (exact) mass is 234 g/mol. The van der Waals surface area contributed by atoms with Crippen molar-refractivity contribution in [2.75, 3.05) is 6.61 Å². The van der Waals surface area contributed by atoms with Crippen LogP contribution in [-0.4, -0.2) is 18.5 Å². The van der Waals surface area contributed by atoms with Crippen LogP contribution in [0, 0.1) is 0 Å². The summed E-state index contributed by atoms with van der Waals surface area (Å²) in [4.78, 5) is 11.9. The summed E-state index contributed by atoms with van der Waals surface area (Å²) in [5, 5.41) is 0. The summed E-state index contributed by atoms with van der Waals surface area (Å²) in [5.74, 6) is 0.212. The minimum atomic E-state index is 0.212. The fourth-order valence-corrected chi connectivity index (χ4v) is 1.75. The SMILES string of the molecule is CCCOC(CC)CCC(=O)c1ccccc1. The molecule has 1 aromatic carbocycles. The molecule has 0 N–H and O–H groups in total. The second-order valence-corrected chi connectivity index (χ2v) is 4.23. The smallest absolute Gasteiger partial charge is 0.162 e. The first kappa shape index (κ1) is 13.9. The largest absolute Gasteiger partial charge is 0.378 e. The Morgan fingerprint density at radius 1 is 1.24 bits per heavy atom. The molecule has 94 valence electrons. The van der Waals surface area contributed by atoms with Crippen LogP contribution in [-0.2, 0) is 4.74 Å². The number of rotatable bonds is 8. The van der Waals surface area contributed by atoms with Crippen molar-refractivity contribution in [2.24, 2.45) is 0 Å². The van der Waals surface area contributed by atoms with Gasteiger partial charge in [-0.2, -0.15) is 0 Å². The Kier molecular flexibility index (Phi) is 6.56. The molecule has 2 heteroatoms. The van der Waals surface area contributed by atoms with E-state index in [2.05, 4.69) is 13.8 Å². The van der Waals surface area contributed by atoms with Crippen LogP contribution in [0.2, 0.25) is 0 Å². The first-order valence-electron chi connectivity index (χ1n) is 6.47. The number of hydrogen-bond acceptors (Lipinski definition) is 2. The van der Waals surface area contributed by atoms with Crippen LogP contribution in [0.3, 0.4) is 0 Å². The molecule has 0 aliphatic heterocycles. The molecule has 0 heterocycles. The van der Waals surface area contributed by atoms with Crippen molar-refractivity contribution >= 4 is 5.78 Å². The van der Waals surface area contributed by atoms with Gasteiger partial charge in [0, 0.05) is 18.6 Å². The Labute approximate surface area is 104 Å². The van der Waals surface area contributed by atoms with Gasteiger partial charge in [0.15, 0.2) is 5.78 Å². The van der Waals surface area contributed by atoms with E-state index in [1.807, 2.05) is 30.3 Å². The lowest BCUT2D eigenvalue weighted by Gasteiger charge is -2.14. The van der Waals surface area contributed by atoms with Crippen molar-refractivity contribution in [1.29, 1.82) is 0 Å². The summed E-state index contributed by atoms with van der Waals surface area (Å²) < 4.78 is 5.67. The topological polar surface area (TPSA) is 26.3 Å². The highest BCUT2D eigenvalue weighted by Gasteiger charge is 2.10. The molecular formula is C15H22O2. The lowest BCUT2D eigenvalue weighted by atomic mass is 10.0. The third-order valence-electron chi connectivity index (χ3n) is 2.80. The van der Waals surface area contributed by atoms with E-state index in [4.69, 9.17) is 4.74 Å². The molecule has 17 heavy (non-hydrogen) atoms. The van der Waals surface area contributed by atoms with E-state index in [0.717, 1.165) is 31.4 Å². The van der Waals surface area contributed by atoms with E-state index in [1.54, 1.807) is 0 Å². The normalized spacial score (nSPS) is 12.4. The van der Waals surface area contributed by atoms with Gasteiger partial charge in [0.05, 0.1) is 6.10 Å². The second kappa shape index (κ2) is 8.02. The first-order valence-corrected chi connectivity index (χ1v) is 6.47. The number of ketones is 1. The lowest BCUT2D eigenvalue weighted by Crippen LogP contribution is -2.14. The van der Waals surface area contributed by atoms with Gasteiger partial charge in [-0.15, -0.1) is 0 Å². The molecule has 2 nitrogen and oxygen atoms in total. The summed E-state index contributed by atoms with van der Waals surface area (Å²) in [5.41, 5.74) is 0.804. The Morgan fingerprint density at radius 2 is 1.94 bits per heavy atom. The molecule has 0 aliphatic rings. The molecular weight excluding hydrogens is 212 g/mol. The summed E-state index contributed by atoms with van der Waals surface area (Å²) in [6, 6.07) is 9.47. The fourth-order valence-electron chi connectivity index (χ4n) is 1.75. The maximum Gasteiger partial charge on any atom is 0.162 e. The van der Waals surface area contributed by atoms with Gasteiger partial charge in [0.2, 0.25) is 0 Å². The van der Waals surface area contributed by atoms with Crippen LogP contribution >= 0.6 is 0 Å². The molecule has 0 saturated heterocycles. The van der Waals surface area contributed by atoms with Crippen LogP contribution < -0.4 is 0 Å². The van der Waals surface area contributed by atoms with E-state index < -0.39 is 0 Å². The summed E-state index contributed by atoms with van der Waals surface area (Å²) in [7, 11) is 0. The molecule has 1 rings (SSSR count). The van der Waals surface area contributed by atoms with Crippen molar-refractivity contribution in [3.05, 3.63) is 35.9 Å². The van der Waals surface area contributed by atoms with Gasteiger partial charge < -0.3 is 4.74 Å². The van der Waals surface area contributed by atoms with E-state index in [-0.39, 0.29) is 11.9 Å². The van der Waals surface area contributed by atoms with Gasteiger partial charge in [-0.3, -0.25) is 4.79 Å². The lowest BCUT2D eigenvalue weighted by molar-refractivity contribution is 0.0430. The maximum atomic E-state index is 11.9. The third-order valence-corrected chi connectivity index (χ3v) is 2.80. The molecule has 1 unspecified atom stereocenters. The van der Waals surface area contributed by atoms with E-state index >= 15 is 0 Å². The van der Waals surface area contributed by atoms with Gasteiger partial charge in [-0.05, 0) is 19.3 Å². The molecule has 1 atom stereocenters. The molecule has 0 saturated carbocycles. The molecule has 0 aromatic heterocycles. The minimum Gasteiger partial charge on any atom is -0.378 e. The molecule has 1 aromatic rings. The Hall–Kier alpha value is -1.15. The number of carbonyl (C=O) groups excluding carboxylic acids is 1. The van der Waals surface area contributed by atoms with Crippen molar-refractivity contribution in [2.45, 2.75) is 45.6 Å². The number of carbonyl (C=O) groups is 1. The van der Waals surface area contributed by atoms with Crippen LogP contribution in [0.5, 0.6) is 0 Å². The average molecular weight is 234 g/mol. The zero-order chi connectivity index (χ0) is 12.5. The number of ether oxygens (including phenoxy) is 1. The number of benzene rings is 1. The summed E-state index contributed by atoms with van der Waals surface area (Å²) >= 11 is 0. The van der Waals surface area contributed by atoms with Crippen LogP contribution in [0.1, 0.15) is 49.9 Å².